The molecule has 1 aromatic carbocycles. The van der Waals surface area contributed by atoms with Gasteiger partial charge in [0.15, 0.2) is 0 Å². The Hall–Kier alpha value is -1.35. The van der Waals surface area contributed by atoms with Crippen LogP contribution in [0.1, 0.15) is 36.0 Å². The summed E-state index contributed by atoms with van der Waals surface area (Å²) in [5.74, 6) is -0.877. The second-order valence-electron chi connectivity index (χ2n) is 5.27. The number of carboxylic acids is 1. The minimum absolute atomic E-state index is 0.276. The number of hydrogen-bond acceptors (Lipinski definition) is 2. The van der Waals surface area contributed by atoms with Crippen LogP contribution in [0.25, 0.3) is 0 Å². The number of benzene rings is 1. The van der Waals surface area contributed by atoms with Gasteiger partial charge in [0.1, 0.15) is 6.04 Å². The number of hydrogen-bond donors (Lipinski definition) is 2. The summed E-state index contributed by atoms with van der Waals surface area (Å²) in [4.78, 5) is 11.1. The molecule has 0 spiro atoms. The average molecular weight is 231 g/mol. The molecule has 0 heterocycles. The third-order valence-electron chi connectivity index (χ3n) is 4.33. The number of carbonyl (C=O) groups is 1. The van der Waals surface area contributed by atoms with Crippen LogP contribution in [0.15, 0.2) is 18.2 Å². The van der Waals surface area contributed by atoms with Crippen LogP contribution in [-0.2, 0) is 23.1 Å². The Bertz CT molecular complexity index is 477. The third kappa shape index (κ3) is 1.49. The van der Waals surface area contributed by atoms with Crippen molar-refractivity contribution in [3.63, 3.8) is 0 Å². The second-order valence-corrected chi connectivity index (χ2v) is 5.27. The third-order valence-corrected chi connectivity index (χ3v) is 4.33. The summed E-state index contributed by atoms with van der Waals surface area (Å²) in [7, 11) is 0. The summed E-state index contributed by atoms with van der Waals surface area (Å²) in [5, 5.41) is 9.14. The van der Waals surface area contributed by atoms with Gasteiger partial charge in [0.05, 0.1) is 0 Å². The van der Waals surface area contributed by atoms with E-state index in [1.165, 1.54) is 23.1 Å². The van der Waals surface area contributed by atoms with Crippen LogP contribution < -0.4 is 5.73 Å². The van der Waals surface area contributed by atoms with Crippen LogP contribution in [0.2, 0.25) is 0 Å². The molecule has 1 unspecified atom stereocenters. The molecule has 1 fully saturated rings. The monoisotopic (exact) mass is 231 g/mol. The number of aryl methyl sites for hydroxylation is 1. The van der Waals surface area contributed by atoms with Crippen molar-refractivity contribution in [2.45, 2.75) is 43.6 Å². The van der Waals surface area contributed by atoms with E-state index in [0.717, 1.165) is 25.7 Å². The fourth-order valence-electron chi connectivity index (χ4n) is 3.21. The van der Waals surface area contributed by atoms with Gasteiger partial charge in [-0.2, -0.15) is 0 Å². The first-order chi connectivity index (χ1) is 8.15. The summed E-state index contributed by atoms with van der Waals surface area (Å²) in [6.45, 7) is 0. The molecule has 3 rings (SSSR count). The maximum absolute atomic E-state index is 11.1. The summed E-state index contributed by atoms with van der Waals surface area (Å²) >= 11 is 0. The van der Waals surface area contributed by atoms with Gasteiger partial charge in [-0.1, -0.05) is 18.2 Å². The maximum Gasteiger partial charge on any atom is 0.321 e. The lowest BCUT2D eigenvalue weighted by atomic mass is 9.84. The fraction of sp³-hybridized carbons (Fsp3) is 0.500. The molecule has 0 saturated heterocycles. The Labute approximate surface area is 101 Å². The molecular formula is C14H17NO2. The van der Waals surface area contributed by atoms with E-state index in [2.05, 4.69) is 12.1 Å². The number of rotatable bonds is 3. The van der Waals surface area contributed by atoms with Crippen molar-refractivity contribution in [1.29, 1.82) is 0 Å². The van der Waals surface area contributed by atoms with Crippen LogP contribution in [0.5, 0.6) is 0 Å². The molecule has 17 heavy (non-hydrogen) atoms. The Kier molecular flexibility index (Phi) is 2.26. The van der Waals surface area contributed by atoms with E-state index in [4.69, 9.17) is 10.8 Å². The molecule has 0 aromatic heterocycles. The lowest BCUT2D eigenvalue weighted by molar-refractivity contribution is -0.139. The Morgan fingerprint density at radius 2 is 2.12 bits per heavy atom. The zero-order valence-corrected chi connectivity index (χ0v) is 9.78. The highest BCUT2D eigenvalue weighted by atomic mass is 16.4. The number of fused-ring (bicyclic) bond motifs is 1. The zero-order valence-electron chi connectivity index (χ0n) is 9.78. The van der Waals surface area contributed by atoms with E-state index in [-0.39, 0.29) is 5.41 Å². The Balaban J connectivity index is 2.05. The lowest BCUT2D eigenvalue weighted by Crippen LogP contribution is -2.42. The van der Waals surface area contributed by atoms with Crippen molar-refractivity contribution in [2.24, 2.45) is 5.73 Å². The molecule has 3 heteroatoms. The van der Waals surface area contributed by atoms with E-state index < -0.39 is 12.0 Å². The van der Waals surface area contributed by atoms with E-state index in [0.29, 0.717) is 0 Å². The van der Waals surface area contributed by atoms with Crippen molar-refractivity contribution in [2.75, 3.05) is 0 Å². The summed E-state index contributed by atoms with van der Waals surface area (Å²) in [5.41, 5.74) is 9.59. The van der Waals surface area contributed by atoms with Gasteiger partial charge in [0.25, 0.3) is 0 Å². The molecule has 3 N–H and O–H groups in total. The summed E-state index contributed by atoms with van der Waals surface area (Å²) in [6, 6.07) is 5.54. The normalized spacial score (nSPS) is 21.9. The smallest absolute Gasteiger partial charge is 0.321 e. The van der Waals surface area contributed by atoms with Gasteiger partial charge in [0.2, 0.25) is 0 Å². The molecular weight excluding hydrogens is 214 g/mol. The van der Waals surface area contributed by atoms with E-state index in [1.807, 2.05) is 6.07 Å². The molecule has 1 aromatic rings. The van der Waals surface area contributed by atoms with E-state index >= 15 is 0 Å². The first-order valence-electron chi connectivity index (χ1n) is 6.25. The van der Waals surface area contributed by atoms with Crippen molar-refractivity contribution in [3.05, 3.63) is 34.9 Å². The van der Waals surface area contributed by atoms with Crippen LogP contribution in [-0.4, -0.2) is 17.1 Å². The SMILES string of the molecule is NC(C(=O)O)C1(c2cccc3c2CCC3)CC1. The Morgan fingerprint density at radius 1 is 1.35 bits per heavy atom. The molecule has 2 aliphatic rings. The average Bonchev–Trinajstić information content (AvgIpc) is 2.98. The van der Waals surface area contributed by atoms with Gasteiger partial charge in [-0.05, 0) is 48.8 Å². The topological polar surface area (TPSA) is 63.3 Å². The highest BCUT2D eigenvalue weighted by molar-refractivity contribution is 5.77. The molecule has 1 atom stereocenters. The molecule has 0 bridgehead atoms. The van der Waals surface area contributed by atoms with Crippen LogP contribution in [0.4, 0.5) is 0 Å². The summed E-state index contributed by atoms with van der Waals surface area (Å²) < 4.78 is 0. The van der Waals surface area contributed by atoms with Crippen molar-refractivity contribution in [1.82, 2.24) is 0 Å². The first kappa shape index (κ1) is 10.8. The predicted octanol–water partition coefficient (Wildman–Crippen LogP) is 1.62. The van der Waals surface area contributed by atoms with Gasteiger partial charge in [-0.3, -0.25) is 4.79 Å². The lowest BCUT2D eigenvalue weighted by Gasteiger charge is -2.23. The fourth-order valence-corrected chi connectivity index (χ4v) is 3.21. The highest BCUT2D eigenvalue weighted by Gasteiger charge is 2.53. The minimum atomic E-state index is -0.877. The van der Waals surface area contributed by atoms with Gasteiger partial charge in [-0.25, -0.2) is 0 Å². The molecule has 0 aliphatic heterocycles. The predicted molar refractivity (Wildman–Crippen MR) is 65.0 cm³/mol. The first-order valence-corrected chi connectivity index (χ1v) is 6.25. The molecule has 0 radical (unpaired) electrons. The molecule has 90 valence electrons. The van der Waals surface area contributed by atoms with Gasteiger partial charge >= 0.3 is 5.97 Å². The van der Waals surface area contributed by atoms with Crippen molar-refractivity contribution < 1.29 is 9.90 Å². The molecule has 2 aliphatic carbocycles. The maximum atomic E-state index is 11.1. The van der Waals surface area contributed by atoms with E-state index in [1.54, 1.807) is 0 Å². The van der Waals surface area contributed by atoms with E-state index in [9.17, 15) is 4.79 Å². The van der Waals surface area contributed by atoms with Crippen LogP contribution in [0.3, 0.4) is 0 Å². The van der Waals surface area contributed by atoms with Crippen LogP contribution in [0, 0.1) is 0 Å². The quantitative estimate of drug-likeness (QED) is 0.830. The number of nitrogens with two attached hydrogens (primary N) is 1. The minimum Gasteiger partial charge on any atom is -0.480 e. The van der Waals surface area contributed by atoms with Gasteiger partial charge in [0, 0.05) is 5.41 Å². The van der Waals surface area contributed by atoms with Gasteiger partial charge in [-0.15, -0.1) is 0 Å². The number of carboxylic acid groups (broad SMARTS) is 1. The Morgan fingerprint density at radius 3 is 2.76 bits per heavy atom. The van der Waals surface area contributed by atoms with Gasteiger partial charge < -0.3 is 10.8 Å². The van der Waals surface area contributed by atoms with Crippen molar-refractivity contribution >= 4 is 5.97 Å². The molecule has 1 saturated carbocycles. The molecule has 3 nitrogen and oxygen atoms in total. The second kappa shape index (κ2) is 3.57. The largest absolute Gasteiger partial charge is 0.480 e. The molecule has 0 amide bonds. The standard InChI is InChI=1S/C14H17NO2/c15-12(13(16)17)14(7-8-14)11-6-2-4-9-3-1-5-10(9)11/h2,4,6,12H,1,3,5,7-8,15H2,(H,16,17). The van der Waals surface area contributed by atoms with Crippen LogP contribution >= 0.6 is 0 Å². The van der Waals surface area contributed by atoms with Crippen molar-refractivity contribution in [3.8, 4) is 0 Å². The summed E-state index contributed by atoms with van der Waals surface area (Å²) in [6.07, 6.45) is 5.22. The number of aliphatic carboxylic acids is 1. The highest BCUT2D eigenvalue weighted by Crippen LogP contribution is 2.52. The zero-order chi connectivity index (χ0) is 12.0.